The molecule has 20 heavy (non-hydrogen) atoms. The summed E-state index contributed by atoms with van der Waals surface area (Å²) in [5.74, 6) is -0.159. The lowest BCUT2D eigenvalue weighted by atomic mass is 9.94. The fraction of sp³-hybridized carbons (Fsp3) is 0.533. The summed E-state index contributed by atoms with van der Waals surface area (Å²) in [4.78, 5) is 14.1. The number of rotatable bonds is 4. The van der Waals surface area contributed by atoms with Crippen LogP contribution in [0.1, 0.15) is 23.2 Å². The molecule has 0 aromatic heterocycles. The maximum atomic E-state index is 12.1. The number of nitrogens with zero attached hydrogens (tertiary/aromatic N) is 1. The zero-order valence-corrected chi connectivity index (χ0v) is 12.1. The molecule has 0 unspecified atom stereocenters. The van der Waals surface area contributed by atoms with E-state index >= 15 is 0 Å². The standard InChI is InChI=1S/C15H22N2O3/c1-17(2)13-5-3-4-12(10-13)14(18)16-11-15(19)6-8-20-9-7-15/h3-5,10,19H,6-9,11H2,1-2H3,(H,16,18). The second-order valence-corrected chi connectivity index (χ2v) is 5.46. The molecule has 110 valence electrons. The van der Waals surface area contributed by atoms with E-state index in [4.69, 9.17) is 4.74 Å². The largest absolute Gasteiger partial charge is 0.388 e. The Balaban J connectivity index is 1.96. The van der Waals surface area contributed by atoms with Gasteiger partial charge in [-0.1, -0.05) is 6.07 Å². The molecule has 1 aliphatic heterocycles. The smallest absolute Gasteiger partial charge is 0.251 e. The molecule has 1 fully saturated rings. The van der Waals surface area contributed by atoms with Crippen LogP contribution >= 0.6 is 0 Å². The van der Waals surface area contributed by atoms with Crippen LogP contribution in [0, 0.1) is 0 Å². The normalized spacial score (nSPS) is 17.6. The van der Waals surface area contributed by atoms with Crippen LogP contribution in [0.3, 0.4) is 0 Å². The molecule has 0 bridgehead atoms. The van der Waals surface area contributed by atoms with Gasteiger partial charge in [0.25, 0.3) is 5.91 Å². The van der Waals surface area contributed by atoms with Crippen LogP contribution in [0.25, 0.3) is 0 Å². The molecule has 0 saturated carbocycles. The zero-order chi connectivity index (χ0) is 14.6. The average Bonchev–Trinajstić information content (AvgIpc) is 2.46. The van der Waals surface area contributed by atoms with E-state index in [0.717, 1.165) is 5.69 Å². The van der Waals surface area contributed by atoms with Gasteiger partial charge in [-0.05, 0) is 18.2 Å². The third-order valence-corrected chi connectivity index (χ3v) is 3.63. The summed E-state index contributed by atoms with van der Waals surface area (Å²) in [6, 6.07) is 7.41. The molecule has 1 heterocycles. The number of anilines is 1. The minimum atomic E-state index is -0.840. The quantitative estimate of drug-likeness (QED) is 0.863. The highest BCUT2D eigenvalue weighted by molar-refractivity contribution is 5.95. The van der Waals surface area contributed by atoms with Crippen molar-refractivity contribution < 1.29 is 14.6 Å². The number of amides is 1. The van der Waals surface area contributed by atoms with Gasteiger partial charge in [0.05, 0.1) is 5.60 Å². The van der Waals surface area contributed by atoms with Gasteiger partial charge in [-0.2, -0.15) is 0 Å². The molecule has 1 aromatic rings. The topological polar surface area (TPSA) is 61.8 Å². The van der Waals surface area contributed by atoms with E-state index in [1.807, 2.05) is 37.2 Å². The Kier molecular flexibility index (Phi) is 4.62. The fourth-order valence-electron chi connectivity index (χ4n) is 2.20. The molecule has 1 aromatic carbocycles. The Morgan fingerprint density at radius 1 is 1.40 bits per heavy atom. The molecular formula is C15H22N2O3. The van der Waals surface area contributed by atoms with Crippen LogP contribution in [-0.2, 0) is 4.74 Å². The number of hydrogen-bond donors (Lipinski definition) is 2. The van der Waals surface area contributed by atoms with E-state index in [2.05, 4.69) is 5.32 Å². The Labute approximate surface area is 119 Å². The Bertz CT molecular complexity index is 468. The van der Waals surface area contributed by atoms with E-state index in [1.165, 1.54) is 0 Å². The lowest BCUT2D eigenvalue weighted by Gasteiger charge is -2.32. The summed E-state index contributed by atoms with van der Waals surface area (Å²) in [6.45, 7) is 1.35. The lowest BCUT2D eigenvalue weighted by Crippen LogP contribution is -2.46. The number of ether oxygens (including phenoxy) is 1. The molecule has 0 atom stereocenters. The van der Waals surface area contributed by atoms with Crippen molar-refractivity contribution in [2.45, 2.75) is 18.4 Å². The first-order valence-electron chi connectivity index (χ1n) is 6.86. The predicted octanol–water partition coefficient (Wildman–Crippen LogP) is 1.02. The van der Waals surface area contributed by atoms with Crippen molar-refractivity contribution in [2.75, 3.05) is 38.8 Å². The Morgan fingerprint density at radius 2 is 2.10 bits per heavy atom. The number of nitrogens with one attached hydrogen (secondary N) is 1. The lowest BCUT2D eigenvalue weighted by molar-refractivity contribution is -0.0605. The van der Waals surface area contributed by atoms with Gasteiger partial charge in [-0.3, -0.25) is 4.79 Å². The molecule has 0 radical (unpaired) electrons. The van der Waals surface area contributed by atoms with Gasteiger partial charge in [-0.25, -0.2) is 0 Å². The summed E-state index contributed by atoms with van der Waals surface area (Å²) >= 11 is 0. The highest BCUT2D eigenvalue weighted by atomic mass is 16.5. The molecule has 2 N–H and O–H groups in total. The van der Waals surface area contributed by atoms with Crippen LogP contribution in [0.4, 0.5) is 5.69 Å². The SMILES string of the molecule is CN(C)c1cccc(C(=O)NCC2(O)CCOCC2)c1. The van der Waals surface area contributed by atoms with Gasteiger partial charge in [0, 0.05) is 57.9 Å². The van der Waals surface area contributed by atoms with Gasteiger partial charge < -0.3 is 20.1 Å². The molecule has 0 spiro atoms. The molecule has 2 rings (SSSR count). The van der Waals surface area contributed by atoms with E-state index < -0.39 is 5.60 Å². The molecule has 5 nitrogen and oxygen atoms in total. The zero-order valence-electron chi connectivity index (χ0n) is 12.1. The van der Waals surface area contributed by atoms with Crippen molar-refractivity contribution in [3.05, 3.63) is 29.8 Å². The second-order valence-electron chi connectivity index (χ2n) is 5.46. The monoisotopic (exact) mass is 278 g/mol. The van der Waals surface area contributed by atoms with E-state index in [1.54, 1.807) is 6.07 Å². The first-order valence-corrected chi connectivity index (χ1v) is 6.86. The minimum Gasteiger partial charge on any atom is -0.388 e. The molecule has 1 aliphatic rings. The number of carbonyl (C=O) groups is 1. The van der Waals surface area contributed by atoms with Crippen LogP contribution < -0.4 is 10.2 Å². The molecular weight excluding hydrogens is 256 g/mol. The molecule has 5 heteroatoms. The van der Waals surface area contributed by atoms with Gasteiger partial charge in [0.15, 0.2) is 0 Å². The number of benzene rings is 1. The maximum Gasteiger partial charge on any atom is 0.251 e. The summed E-state index contributed by atoms with van der Waals surface area (Å²) < 4.78 is 5.22. The number of aliphatic hydroxyl groups is 1. The van der Waals surface area contributed by atoms with Crippen LogP contribution in [0.5, 0.6) is 0 Å². The summed E-state index contributed by atoms with van der Waals surface area (Å²) in [5.41, 5.74) is 0.738. The van der Waals surface area contributed by atoms with Gasteiger partial charge in [0.2, 0.25) is 0 Å². The molecule has 1 amide bonds. The van der Waals surface area contributed by atoms with Crippen molar-refractivity contribution in [1.82, 2.24) is 5.32 Å². The highest BCUT2D eigenvalue weighted by Crippen LogP contribution is 2.19. The minimum absolute atomic E-state index is 0.159. The van der Waals surface area contributed by atoms with E-state index in [0.29, 0.717) is 31.6 Å². The Morgan fingerprint density at radius 3 is 2.75 bits per heavy atom. The van der Waals surface area contributed by atoms with Crippen LogP contribution in [0.2, 0.25) is 0 Å². The number of carbonyl (C=O) groups excluding carboxylic acids is 1. The highest BCUT2D eigenvalue weighted by Gasteiger charge is 2.30. The molecule has 1 saturated heterocycles. The number of hydrogen-bond acceptors (Lipinski definition) is 4. The first kappa shape index (κ1) is 14.8. The van der Waals surface area contributed by atoms with Crippen molar-refractivity contribution in [3.63, 3.8) is 0 Å². The van der Waals surface area contributed by atoms with Crippen molar-refractivity contribution in [3.8, 4) is 0 Å². The van der Waals surface area contributed by atoms with Crippen molar-refractivity contribution >= 4 is 11.6 Å². The molecule has 0 aliphatic carbocycles. The third-order valence-electron chi connectivity index (χ3n) is 3.63. The Hall–Kier alpha value is -1.59. The summed E-state index contributed by atoms with van der Waals surface area (Å²) in [6.07, 6.45) is 1.12. The van der Waals surface area contributed by atoms with Crippen LogP contribution in [0.15, 0.2) is 24.3 Å². The van der Waals surface area contributed by atoms with Crippen molar-refractivity contribution in [1.29, 1.82) is 0 Å². The van der Waals surface area contributed by atoms with Gasteiger partial charge in [0.1, 0.15) is 0 Å². The van der Waals surface area contributed by atoms with E-state index in [-0.39, 0.29) is 12.5 Å². The summed E-state index contributed by atoms with van der Waals surface area (Å²) in [7, 11) is 3.86. The summed E-state index contributed by atoms with van der Waals surface area (Å²) in [5, 5.41) is 13.1. The van der Waals surface area contributed by atoms with Gasteiger partial charge in [-0.15, -0.1) is 0 Å². The average molecular weight is 278 g/mol. The second kappa shape index (κ2) is 6.24. The third kappa shape index (κ3) is 3.71. The maximum absolute atomic E-state index is 12.1. The van der Waals surface area contributed by atoms with E-state index in [9.17, 15) is 9.90 Å². The van der Waals surface area contributed by atoms with Gasteiger partial charge >= 0.3 is 0 Å². The van der Waals surface area contributed by atoms with Crippen molar-refractivity contribution in [2.24, 2.45) is 0 Å². The first-order chi connectivity index (χ1) is 9.50. The fourth-order valence-corrected chi connectivity index (χ4v) is 2.20. The predicted molar refractivity (Wildman–Crippen MR) is 78.1 cm³/mol. The van der Waals surface area contributed by atoms with Crippen LogP contribution in [-0.4, -0.2) is 50.5 Å².